The van der Waals surface area contributed by atoms with Crippen LogP contribution in [0, 0.1) is 12.8 Å². The van der Waals surface area contributed by atoms with Crippen LogP contribution in [-0.2, 0) is 0 Å². The summed E-state index contributed by atoms with van der Waals surface area (Å²) in [5.74, 6) is 0.605. The Bertz CT molecular complexity index is 523. The molecule has 0 radical (unpaired) electrons. The van der Waals surface area contributed by atoms with Gasteiger partial charge in [0.2, 0.25) is 5.78 Å². The summed E-state index contributed by atoms with van der Waals surface area (Å²) >= 11 is 0. The molecular formula is C14H16O2. The van der Waals surface area contributed by atoms with E-state index in [4.69, 9.17) is 4.42 Å². The molecule has 0 aliphatic heterocycles. The summed E-state index contributed by atoms with van der Waals surface area (Å²) in [6.07, 6.45) is 0.842. The molecule has 2 aromatic rings. The van der Waals surface area contributed by atoms with Crippen molar-refractivity contribution in [2.45, 2.75) is 27.2 Å². The molecule has 2 nitrogen and oxygen atoms in total. The van der Waals surface area contributed by atoms with Gasteiger partial charge in [-0.05, 0) is 31.0 Å². The van der Waals surface area contributed by atoms with Gasteiger partial charge in [-0.2, -0.15) is 0 Å². The normalized spacial score (nSPS) is 12.9. The molecule has 0 aliphatic rings. The first-order valence-electron chi connectivity index (χ1n) is 5.66. The third-order valence-electron chi connectivity index (χ3n) is 2.98. The van der Waals surface area contributed by atoms with Crippen molar-refractivity contribution in [1.29, 1.82) is 0 Å². The maximum absolute atomic E-state index is 11.9. The summed E-state index contributed by atoms with van der Waals surface area (Å²) in [5.41, 5.74) is 1.94. The molecule has 1 heterocycles. The van der Waals surface area contributed by atoms with E-state index in [1.165, 1.54) is 0 Å². The molecular weight excluding hydrogens is 200 g/mol. The van der Waals surface area contributed by atoms with E-state index in [1.54, 1.807) is 0 Å². The van der Waals surface area contributed by atoms with Gasteiger partial charge >= 0.3 is 0 Å². The molecule has 2 rings (SSSR count). The summed E-state index contributed by atoms with van der Waals surface area (Å²) in [6.45, 7) is 5.95. The van der Waals surface area contributed by atoms with Crippen molar-refractivity contribution in [2.24, 2.45) is 5.92 Å². The van der Waals surface area contributed by atoms with Crippen LogP contribution in [0.1, 0.15) is 36.4 Å². The summed E-state index contributed by atoms with van der Waals surface area (Å²) in [7, 11) is 0. The van der Waals surface area contributed by atoms with Crippen molar-refractivity contribution in [3.05, 3.63) is 35.6 Å². The van der Waals surface area contributed by atoms with Crippen LogP contribution < -0.4 is 0 Å². The van der Waals surface area contributed by atoms with Crippen LogP contribution in [0.4, 0.5) is 0 Å². The smallest absolute Gasteiger partial charge is 0.200 e. The molecule has 2 heteroatoms. The Kier molecular flexibility index (Phi) is 2.82. The van der Waals surface area contributed by atoms with Crippen LogP contribution >= 0.6 is 0 Å². The number of fused-ring (bicyclic) bond motifs is 1. The second kappa shape index (κ2) is 4.12. The predicted octanol–water partition coefficient (Wildman–Crippen LogP) is 3.97. The summed E-state index contributed by atoms with van der Waals surface area (Å²) in [5, 5.41) is 0.997. The molecule has 1 aromatic heterocycles. The zero-order valence-corrected chi connectivity index (χ0v) is 9.91. The van der Waals surface area contributed by atoms with Gasteiger partial charge in [0.05, 0.1) is 0 Å². The number of furan rings is 1. The van der Waals surface area contributed by atoms with Crippen LogP contribution in [0.5, 0.6) is 0 Å². The number of Topliss-reactive ketones (excluding diaryl/α,β-unsaturated/α-hetero) is 1. The number of carbonyl (C=O) groups is 1. The van der Waals surface area contributed by atoms with Crippen molar-refractivity contribution < 1.29 is 9.21 Å². The zero-order chi connectivity index (χ0) is 11.7. The first-order chi connectivity index (χ1) is 7.61. The Morgan fingerprint density at radius 1 is 1.38 bits per heavy atom. The monoisotopic (exact) mass is 216 g/mol. The van der Waals surface area contributed by atoms with Crippen LogP contribution in [0.3, 0.4) is 0 Å². The van der Waals surface area contributed by atoms with Crippen molar-refractivity contribution in [3.8, 4) is 0 Å². The second-order valence-electron chi connectivity index (χ2n) is 4.33. The molecule has 0 saturated heterocycles. The molecule has 0 saturated carbocycles. The third kappa shape index (κ3) is 1.87. The largest absolute Gasteiger partial charge is 0.453 e. The molecule has 16 heavy (non-hydrogen) atoms. The number of ketones is 1. The summed E-state index contributed by atoms with van der Waals surface area (Å²) in [4.78, 5) is 11.9. The van der Waals surface area contributed by atoms with E-state index in [1.807, 2.05) is 45.0 Å². The topological polar surface area (TPSA) is 30.2 Å². The number of rotatable bonds is 3. The second-order valence-corrected chi connectivity index (χ2v) is 4.33. The molecule has 1 aromatic carbocycles. The van der Waals surface area contributed by atoms with Gasteiger partial charge in [-0.1, -0.05) is 26.0 Å². The first-order valence-corrected chi connectivity index (χ1v) is 5.66. The lowest BCUT2D eigenvalue weighted by molar-refractivity contribution is 0.0901. The average molecular weight is 216 g/mol. The van der Waals surface area contributed by atoms with E-state index in [9.17, 15) is 4.79 Å². The van der Waals surface area contributed by atoms with E-state index in [-0.39, 0.29) is 11.7 Å². The molecule has 0 N–H and O–H groups in total. The maximum Gasteiger partial charge on any atom is 0.200 e. The molecule has 0 fully saturated rings. The van der Waals surface area contributed by atoms with Gasteiger partial charge in [0.1, 0.15) is 5.58 Å². The van der Waals surface area contributed by atoms with Gasteiger partial charge in [-0.15, -0.1) is 0 Å². The lowest BCUT2D eigenvalue weighted by atomic mass is 10.0. The predicted molar refractivity (Wildman–Crippen MR) is 64.7 cm³/mol. The molecule has 1 unspecified atom stereocenters. The van der Waals surface area contributed by atoms with Crippen molar-refractivity contribution in [3.63, 3.8) is 0 Å². The quantitative estimate of drug-likeness (QED) is 0.727. The highest BCUT2D eigenvalue weighted by Crippen LogP contribution is 2.23. The van der Waals surface area contributed by atoms with E-state index in [0.717, 1.165) is 23.0 Å². The Balaban J connectivity index is 2.43. The van der Waals surface area contributed by atoms with Gasteiger partial charge < -0.3 is 4.42 Å². The Hall–Kier alpha value is -1.57. The number of hydrogen-bond acceptors (Lipinski definition) is 2. The van der Waals surface area contributed by atoms with Crippen LogP contribution in [-0.4, -0.2) is 5.78 Å². The maximum atomic E-state index is 11.9. The number of aryl methyl sites for hydroxylation is 1. The van der Waals surface area contributed by atoms with Gasteiger partial charge in [-0.25, -0.2) is 0 Å². The van der Waals surface area contributed by atoms with Crippen molar-refractivity contribution in [2.75, 3.05) is 0 Å². The molecule has 0 spiro atoms. The minimum absolute atomic E-state index is 0.0293. The van der Waals surface area contributed by atoms with Crippen LogP contribution in [0.25, 0.3) is 11.0 Å². The summed E-state index contributed by atoms with van der Waals surface area (Å²) < 4.78 is 5.58. The van der Waals surface area contributed by atoms with Gasteiger partial charge in [-0.3, -0.25) is 4.79 Å². The Labute approximate surface area is 95.3 Å². The van der Waals surface area contributed by atoms with Crippen LogP contribution in [0.15, 0.2) is 28.7 Å². The SMILES string of the molecule is CCC(C)C(=O)c1cc2ccc(C)cc2o1. The van der Waals surface area contributed by atoms with E-state index >= 15 is 0 Å². The Morgan fingerprint density at radius 2 is 2.12 bits per heavy atom. The number of benzene rings is 1. The molecule has 0 bridgehead atoms. The lowest BCUT2D eigenvalue weighted by Crippen LogP contribution is -2.08. The zero-order valence-electron chi connectivity index (χ0n) is 9.91. The molecule has 1 atom stereocenters. The van der Waals surface area contributed by atoms with Crippen molar-refractivity contribution >= 4 is 16.8 Å². The van der Waals surface area contributed by atoms with Crippen LogP contribution in [0.2, 0.25) is 0 Å². The standard InChI is InChI=1S/C14H16O2/c1-4-10(3)14(15)13-8-11-6-5-9(2)7-12(11)16-13/h5-8,10H,4H2,1-3H3. The average Bonchev–Trinajstić information content (AvgIpc) is 2.69. The fraction of sp³-hybridized carbons (Fsp3) is 0.357. The fourth-order valence-corrected chi connectivity index (χ4v) is 1.69. The van der Waals surface area contributed by atoms with E-state index in [0.29, 0.717) is 5.76 Å². The summed E-state index contributed by atoms with van der Waals surface area (Å²) in [6, 6.07) is 7.81. The number of carbonyl (C=O) groups excluding carboxylic acids is 1. The van der Waals surface area contributed by atoms with Gasteiger partial charge in [0, 0.05) is 11.3 Å². The van der Waals surface area contributed by atoms with E-state index < -0.39 is 0 Å². The fourth-order valence-electron chi connectivity index (χ4n) is 1.69. The highest BCUT2D eigenvalue weighted by Gasteiger charge is 2.17. The highest BCUT2D eigenvalue weighted by molar-refractivity contribution is 5.98. The number of hydrogen-bond donors (Lipinski definition) is 0. The highest BCUT2D eigenvalue weighted by atomic mass is 16.3. The first kappa shape index (κ1) is 10.9. The van der Waals surface area contributed by atoms with E-state index in [2.05, 4.69) is 0 Å². The van der Waals surface area contributed by atoms with Gasteiger partial charge in [0.15, 0.2) is 5.76 Å². The lowest BCUT2D eigenvalue weighted by Gasteiger charge is -2.02. The molecule has 0 amide bonds. The minimum atomic E-state index is 0.0293. The third-order valence-corrected chi connectivity index (χ3v) is 2.98. The van der Waals surface area contributed by atoms with Crippen molar-refractivity contribution in [1.82, 2.24) is 0 Å². The molecule has 84 valence electrons. The Morgan fingerprint density at radius 3 is 2.81 bits per heavy atom. The molecule has 0 aliphatic carbocycles. The van der Waals surface area contributed by atoms with Gasteiger partial charge in [0.25, 0.3) is 0 Å². The minimum Gasteiger partial charge on any atom is -0.453 e.